The Balaban J connectivity index is 1.79. The molecule has 0 bridgehead atoms. The molecule has 0 aliphatic carbocycles. The molecule has 144 valence electrons. The van der Waals surface area contributed by atoms with Crippen LogP contribution in [0.1, 0.15) is 34.2 Å². The van der Waals surface area contributed by atoms with E-state index in [4.69, 9.17) is 9.47 Å². The number of nitrogens with one attached hydrogen (secondary N) is 1. The molecule has 1 aromatic heterocycles. The highest BCUT2D eigenvalue weighted by atomic mass is 16.5. The monoisotopic (exact) mass is 383 g/mol. The second-order valence-electron chi connectivity index (χ2n) is 7.40. The largest absolute Gasteiger partial charge is 0.497 e. The number of hydrogen-bond acceptors (Lipinski definition) is 3. The zero-order chi connectivity index (χ0) is 20.0. The Kier molecular flexibility index (Phi) is 4.13. The minimum absolute atomic E-state index is 0.197. The fourth-order valence-electron chi connectivity index (χ4n) is 4.50. The first kappa shape index (κ1) is 17.6. The first-order valence-electron chi connectivity index (χ1n) is 9.69. The zero-order valence-corrected chi connectivity index (χ0v) is 16.3. The molecule has 0 saturated heterocycles. The van der Waals surface area contributed by atoms with E-state index < -0.39 is 5.92 Å². The summed E-state index contributed by atoms with van der Waals surface area (Å²) >= 11 is 0. The maximum Gasteiger partial charge on any atom is 0.319 e. The van der Waals surface area contributed by atoms with Crippen molar-refractivity contribution in [2.45, 2.75) is 18.8 Å². The quantitative estimate of drug-likeness (QED) is 0.383. The molecular weight excluding hydrogens is 362 g/mol. The lowest BCUT2D eigenvalue weighted by molar-refractivity contribution is -0.134. The normalized spacial score (nSPS) is 16.5. The van der Waals surface area contributed by atoms with Crippen molar-refractivity contribution in [3.8, 4) is 11.5 Å². The number of hydrogen-bond donors (Lipinski definition) is 1. The fraction of sp³-hybridized carbons (Fsp3) is 0.160. The third-order valence-electron chi connectivity index (χ3n) is 5.76. The summed E-state index contributed by atoms with van der Waals surface area (Å²) in [6.45, 7) is 2.06. The van der Waals surface area contributed by atoms with Crippen LogP contribution in [0.2, 0.25) is 0 Å². The summed E-state index contributed by atoms with van der Waals surface area (Å²) in [5.41, 5.74) is 5.18. The molecule has 29 heavy (non-hydrogen) atoms. The van der Waals surface area contributed by atoms with Gasteiger partial charge in [0.2, 0.25) is 0 Å². The first-order chi connectivity index (χ1) is 14.2. The second-order valence-corrected chi connectivity index (χ2v) is 7.40. The second kappa shape index (κ2) is 6.82. The molecule has 1 aliphatic rings. The average Bonchev–Trinajstić information content (AvgIpc) is 3.25. The number of rotatable bonds is 4. The number of fused-ring (bicyclic) bond motifs is 2. The molecule has 0 radical (unpaired) electrons. The van der Waals surface area contributed by atoms with Crippen molar-refractivity contribution in [3.05, 3.63) is 95.2 Å². The Hall–Kier alpha value is -3.53. The number of aromatic nitrogens is 1. The Morgan fingerprint density at radius 1 is 1.00 bits per heavy atom. The van der Waals surface area contributed by atoms with Crippen LogP contribution >= 0.6 is 0 Å². The van der Waals surface area contributed by atoms with Crippen LogP contribution in [0.15, 0.2) is 72.8 Å². The predicted molar refractivity (Wildman–Crippen MR) is 113 cm³/mol. The summed E-state index contributed by atoms with van der Waals surface area (Å²) in [7, 11) is 1.66. The topological polar surface area (TPSA) is 51.3 Å². The number of carbonyl (C=O) groups is 1. The van der Waals surface area contributed by atoms with Gasteiger partial charge in [-0.05, 0) is 42.3 Å². The molecule has 1 aliphatic heterocycles. The minimum Gasteiger partial charge on any atom is -0.497 e. The van der Waals surface area contributed by atoms with Crippen molar-refractivity contribution in [1.82, 2.24) is 4.98 Å². The molecular formula is C25H21NO3. The molecule has 0 spiro atoms. The summed E-state index contributed by atoms with van der Waals surface area (Å²) < 4.78 is 11.1. The van der Waals surface area contributed by atoms with E-state index in [0.29, 0.717) is 5.75 Å². The van der Waals surface area contributed by atoms with E-state index in [9.17, 15) is 4.79 Å². The van der Waals surface area contributed by atoms with E-state index in [0.717, 1.165) is 39.0 Å². The van der Waals surface area contributed by atoms with Gasteiger partial charge in [-0.1, -0.05) is 48.5 Å². The third-order valence-corrected chi connectivity index (χ3v) is 5.76. The van der Waals surface area contributed by atoms with E-state index >= 15 is 0 Å². The van der Waals surface area contributed by atoms with Crippen molar-refractivity contribution in [1.29, 1.82) is 0 Å². The minimum atomic E-state index is -0.420. The van der Waals surface area contributed by atoms with Crippen LogP contribution in [0.5, 0.6) is 11.5 Å². The molecule has 2 heterocycles. The lowest BCUT2D eigenvalue weighted by Crippen LogP contribution is -2.20. The Bertz CT molecular complexity index is 1220. The summed E-state index contributed by atoms with van der Waals surface area (Å²) in [6, 6.07) is 23.9. The van der Waals surface area contributed by atoms with Crippen molar-refractivity contribution >= 4 is 16.9 Å². The average molecular weight is 383 g/mol. The standard InChI is InChI=1S/C25H21NO3/c1-15-22(18-10-3-5-12-20(18)26-15)23(16-8-7-9-17(14-16)28-2)24-19-11-4-6-13-21(19)29-25(24)27/h3-14,23-24,26H,1-2H3/t23-,24-/m0/s1. The molecule has 4 aromatic rings. The van der Waals surface area contributed by atoms with Crippen molar-refractivity contribution in [2.75, 3.05) is 7.11 Å². The number of ether oxygens (including phenoxy) is 2. The highest BCUT2D eigenvalue weighted by Crippen LogP contribution is 2.49. The highest BCUT2D eigenvalue weighted by molar-refractivity contribution is 5.91. The molecule has 0 fully saturated rings. The van der Waals surface area contributed by atoms with Crippen LogP contribution in [0.25, 0.3) is 10.9 Å². The Morgan fingerprint density at radius 3 is 2.66 bits per heavy atom. The van der Waals surface area contributed by atoms with Crippen LogP contribution in [-0.2, 0) is 4.79 Å². The summed E-state index contributed by atoms with van der Waals surface area (Å²) in [4.78, 5) is 16.6. The van der Waals surface area contributed by atoms with E-state index in [1.807, 2.05) is 54.6 Å². The van der Waals surface area contributed by atoms with Crippen LogP contribution in [0.4, 0.5) is 0 Å². The molecule has 2 atom stereocenters. The number of benzene rings is 3. The van der Waals surface area contributed by atoms with E-state index in [1.165, 1.54) is 0 Å². The van der Waals surface area contributed by atoms with Gasteiger partial charge in [-0.2, -0.15) is 0 Å². The van der Waals surface area contributed by atoms with Crippen molar-refractivity contribution in [3.63, 3.8) is 0 Å². The van der Waals surface area contributed by atoms with Gasteiger partial charge in [0.15, 0.2) is 0 Å². The summed E-state index contributed by atoms with van der Waals surface area (Å²) in [5.74, 6) is 0.579. The van der Waals surface area contributed by atoms with Gasteiger partial charge in [0.25, 0.3) is 0 Å². The fourth-order valence-corrected chi connectivity index (χ4v) is 4.50. The molecule has 3 aromatic carbocycles. The lowest BCUT2D eigenvalue weighted by atomic mass is 9.76. The number of aromatic amines is 1. The maximum absolute atomic E-state index is 13.1. The van der Waals surface area contributed by atoms with Crippen molar-refractivity contribution < 1.29 is 14.3 Å². The van der Waals surface area contributed by atoms with Gasteiger partial charge < -0.3 is 14.5 Å². The van der Waals surface area contributed by atoms with Gasteiger partial charge in [-0.3, -0.25) is 4.79 Å². The third kappa shape index (κ3) is 2.80. The zero-order valence-electron chi connectivity index (χ0n) is 16.3. The summed E-state index contributed by atoms with van der Waals surface area (Å²) in [6.07, 6.45) is 0. The van der Waals surface area contributed by atoms with Crippen LogP contribution in [-0.4, -0.2) is 18.1 Å². The number of para-hydroxylation sites is 2. The van der Waals surface area contributed by atoms with E-state index in [2.05, 4.69) is 30.1 Å². The SMILES string of the molecule is COc1cccc([C@@H](c2c(C)[nH]c3ccccc23)[C@H]2C(=O)Oc3ccccc32)c1. The first-order valence-corrected chi connectivity index (χ1v) is 9.69. The lowest BCUT2D eigenvalue weighted by Gasteiger charge is -2.23. The smallest absolute Gasteiger partial charge is 0.319 e. The van der Waals surface area contributed by atoms with Gasteiger partial charge in [-0.25, -0.2) is 0 Å². The molecule has 1 N–H and O–H groups in total. The molecule has 4 nitrogen and oxygen atoms in total. The molecule has 0 saturated carbocycles. The van der Waals surface area contributed by atoms with Gasteiger partial charge in [-0.15, -0.1) is 0 Å². The number of methoxy groups -OCH3 is 1. The Morgan fingerprint density at radius 2 is 1.79 bits per heavy atom. The molecule has 5 rings (SSSR count). The van der Waals surface area contributed by atoms with E-state index in [1.54, 1.807) is 7.11 Å². The molecule has 0 unspecified atom stereocenters. The highest BCUT2D eigenvalue weighted by Gasteiger charge is 2.42. The van der Waals surface area contributed by atoms with Gasteiger partial charge >= 0.3 is 5.97 Å². The molecule has 4 heteroatoms. The predicted octanol–water partition coefficient (Wildman–Crippen LogP) is 5.32. The number of carbonyl (C=O) groups excluding carboxylic acids is 1. The van der Waals surface area contributed by atoms with Gasteiger partial charge in [0.1, 0.15) is 11.5 Å². The van der Waals surface area contributed by atoms with Gasteiger partial charge in [0.05, 0.1) is 13.0 Å². The number of H-pyrrole nitrogens is 1. The Labute approximate surface area is 169 Å². The van der Waals surface area contributed by atoms with Crippen molar-refractivity contribution in [2.24, 2.45) is 0 Å². The summed E-state index contributed by atoms with van der Waals surface area (Å²) in [5, 5.41) is 1.12. The van der Waals surface area contributed by atoms with Crippen LogP contribution < -0.4 is 9.47 Å². The van der Waals surface area contributed by atoms with Crippen LogP contribution in [0.3, 0.4) is 0 Å². The number of aryl methyl sites for hydroxylation is 1. The van der Waals surface area contributed by atoms with Gasteiger partial charge in [0, 0.05) is 28.1 Å². The maximum atomic E-state index is 13.1. The van der Waals surface area contributed by atoms with E-state index in [-0.39, 0.29) is 11.9 Å². The molecule has 0 amide bonds. The number of esters is 1. The van der Waals surface area contributed by atoms with Crippen LogP contribution in [0, 0.1) is 6.92 Å².